The molecule has 0 N–H and O–H groups in total. The van der Waals surface area contributed by atoms with Crippen molar-refractivity contribution in [3.63, 3.8) is 0 Å². The molecular formula is C19H39N. The molecule has 1 saturated heterocycles. The summed E-state index contributed by atoms with van der Waals surface area (Å²) in [6, 6.07) is 0. The highest BCUT2D eigenvalue weighted by Crippen LogP contribution is 2.48. The van der Waals surface area contributed by atoms with Crippen molar-refractivity contribution in [3.8, 4) is 0 Å². The van der Waals surface area contributed by atoms with Crippen LogP contribution in [0.15, 0.2) is 0 Å². The lowest BCUT2D eigenvalue weighted by Crippen LogP contribution is -2.58. The Kier molecular flexibility index (Phi) is 4.78. The van der Waals surface area contributed by atoms with Gasteiger partial charge in [-0.15, -0.1) is 0 Å². The number of hydrogen-bond acceptors (Lipinski definition) is 1. The van der Waals surface area contributed by atoms with Gasteiger partial charge < -0.3 is 0 Å². The molecule has 0 spiro atoms. The summed E-state index contributed by atoms with van der Waals surface area (Å²) >= 11 is 0. The van der Waals surface area contributed by atoms with Crippen molar-refractivity contribution in [1.29, 1.82) is 0 Å². The van der Waals surface area contributed by atoms with Crippen molar-refractivity contribution in [1.82, 2.24) is 4.90 Å². The largest absolute Gasteiger partial charge is 0.297 e. The molecule has 20 heavy (non-hydrogen) atoms. The first-order valence-corrected chi connectivity index (χ1v) is 8.46. The highest BCUT2D eigenvalue weighted by atomic mass is 15.2. The second-order valence-electron chi connectivity index (χ2n) is 10.1. The van der Waals surface area contributed by atoms with Crippen molar-refractivity contribution in [3.05, 3.63) is 0 Å². The molecule has 120 valence electrons. The summed E-state index contributed by atoms with van der Waals surface area (Å²) in [5.41, 5.74) is 1.34. The third-order valence-electron chi connectivity index (χ3n) is 7.00. The van der Waals surface area contributed by atoms with Gasteiger partial charge in [-0.1, -0.05) is 55.4 Å². The number of nitrogens with zero attached hydrogens (tertiary/aromatic N) is 1. The highest BCUT2D eigenvalue weighted by Gasteiger charge is 2.45. The topological polar surface area (TPSA) is 3.24 Å². The lowest BCUT2D eigenvalue weighted by Gasteiger charge is -2.55. The molecule has 1 unspecified atom stereocenters. The van der Waals surface area contributed by atoms with Crippen LogP contribution in [0, 0.1) is 22.2 Å². The van der Waals surface area contributed by atoms with E-state index in [0.717, 1.165) is 5.92 Å². The maximum absolute atomic E-state index is 2.76. The SMILES string of the molecule is CC(C)(C)C(C)(C)C1CCCN(C(C)(C)C(C)(C)C)C1. The van der Waals surface area contributed by atoms with Crippen LogP contribution in [0.4, 0.5) is 0 Å². The van der Waals surface area contributed by atoms with Crippen molar-refractivity contribution >= 4 is 0 Å². The molecule has 0 bridgehead atoms. The van der Waals surface area contributed by atoms with Crippen LogP contribution in [-0.4, -0.2) is 23.5 Å². The van der Waals surface area contributed by atoms with Crippen LogP contribution in [0.3, 0.4) is 0 Å². The molecule has 1 atom stereocenters. The second-order valence-corrected chi connectivity index (χ2v) is 10.1. The average molecular weight is 282 g/mol. The van der Waals surface area contributed by atoms with E-state index in [1.807, 2.05) is 0 Å². The molecule has 1 heteroatoms. The molecule has 0 aromatic rings. The van der Waals surface area contributed by atoms with E-state index in [1.54, 1.807) is 0 Å². The van der Waals surface area contributed by atoms with Gasteiger partial charge in [0.25, 0.3) is 0 Å². The molecule has 1 nitrogen and oxygen atoms in total. The summed E-state index contributed by atoms with van der Waals surface area (Å²) in [6.07, 6.45) is 2.74. The molecule has 1 aliphatic rings. The van der Waals surface area contributed by atoms with Gasteiger partial charge in [0.2, 0.25) is 0 Å². The van der Waals surface area contributed by atoms with Crippen molar-refractivity contribution < 1.29 is 0 Å². The summed E-state index contributed by atoms with van der Waals surface area (Å²) in [5.74, 6) is 0.804. The first-order chi connectivity index (χ1) is 8.71. The molecule has 0 aliphatic carbocycles. The lowest BCUT2D eigenvalue weighted by atomic mass is 9.60. The van der Waals surface area contributed by atoms with Gasteiger partial charge in [-0.25, -0.2) is 0 Å². The van der Waals surface area contributed by atoms with Crippen LogP contribution in [-0.2, 0) is 0 Å². The van der Waals surface area contributed by atoms with Crippen LogP contribution in [0.25, 0.3) is 0 Å². The maximum atomic E-state index is 2.76. The molecule has 0 aromatic carbocycles. The molecule has 0 radical (unpaired) electrons. The average Bonchev–Trinajstić information content (AvgIpc) is 2.26. The van der Waals surface area contributed by atoms with E-state index in [4.69, 9.17) is 0 Å². The van der Waals surface area contributed by atoms with E-state index in [1.165, 1.54) is 25.9 Å². The third kappa shape index (κ3) is 3.24. The molecule has 0 saturated carbocycles. The van der Waals surface area contributed by atoms with Crippen LogP contribution < -0.4 is 0 Å². The van der Waals surface area contributed by atoms with E-state index in [9.17, 15) is 0 Å². The predicted molar refractivity (Wildman–Crippen MR) is 91.1 cm³/mol. The normalized spacial score (nSPS) is 24.0. The minimum Gasteiger partial charge on any atom is -0.297 e. The number of likely N-dealkylation sites (tertiary alicyclic amines) is 1. The monoisotopic (exact) mass is 281 g/mol. The summed E-state index contributed by atoms with van der Waals surface area (Å²) in [4.78, 5) is 2.76. The Bertz CT molecular complexity index is 293. The Morgan fingerprint density at radius 1 is 0.750 bits per heavy atom. The molecule has 1 heterocycles. The number of rotatable bonds is 2. The van der Waals surface area contributed by atoms with Crippen molar-refractivity contribution in [2.45, 2.75) is 87.6 Å². The van der Waals surface area contributed by atoms with Gasteiger partial charge >= 0.3 is 0 Å². The predicted octanol–water partition coefficient (Wildman–Crippen LogP) is 5.60. The standard InChI is InChI=1S/C19H39N/c1-16(2,3)18(7,8)15-12-11-13-20(14-15)19(9,10)17(4,5)6/h15H,11-14H2,1-10H3. The van der Waals surface area contributed by atoms with Gasteiger partial charge in [-0.05, 0) is 55.4 Å². The Balaban J connectivity index is 2.94. The van der Waals surface area contributed by atoms with E-state index >= 15 is 0 Å². The fraction of sp³-hybridized carbons (Fsp3) is 1.00. The number of hydrogen-bond donors (Lipinski definition) is 0. The van der Waals surface area contributed by atoms with Crippen molar-refractivity contribution in [2.24, 2.45) is 22.2 Å². The zero-order valence-corrected chi connectivity index (χ0v) is 15.9. The van der Waals surface area contributed by atoms with Gasteiger partial charge in [0.1, 0.15) is 0 Å². The first-order valence-electron chi connectivity index (χ1n) is 8.46. The minimum absolute atomic E-state index is 0.264. The molecule has 1 aliphatic heterocycles. The van der Waals surface area contributed by atoms with Crippen LogP contribution in [0.1, 0.15) is 82.1 Å². The maximum Gasteiger partial charge on any atom is 0.0201 e. The van der Waals surface area contributed by atoms with Gasteiger partial charge in [0.05, 0.1) is 0 Å². The fourth-order valence-electron chi connectivity index (χ4n) is 3.16. The summed E-state index contributed by atoms with van der Waals surface area (Å²) in [6.45, 7) is 26.7. The first kappa shape index (κ1) is 18.0. The molecule has 1 rings (SSSR count). The Labute approximate surface area is 128 Å². The van der Waals surface area contributed by atoms with Gasteiger partial charge in [-0.3, -0.25) is 4.90 Å². The Morgan fingerprint density at radius 3 is 1.65 bits per heavy atom. The van der Waals surface area contributed by atoms with Gasteiger partial charge in [-0.2, -0.15) is 0 Å². The zero-order valence-electron chi connectivity index (χ0n) is 15.9. The second kappa shape index (κ2) is 5.30. The Morgan fingerprint density at radius 2 is 1.25 bits per heavy atom. The fourth-order valence-corrected chi connectivity index (χ4v) is 3.16. The van der Waals surface area contributed by atoms with E-state index in [2.05, 4.69) is 74.1 Å². The molecular weight excluding hydrogens is 242 g/mol. The van der Waals surface area contributed by atoms with Gasteiger partial charge in [0, 0.05) is 12.1 Å². The van der Waals surface area contributed by atoms with Gasteiger partial charge in [0.15, 0.2) is 0 Å². The van der Waals surface area contributed by atoms with Crippen LogP contribution >= 0.6 is 0 Å². The third-order valence-corrected chi connectivity index (χ3v) is 7.00. The summed E-state index contributed by atoms with van der Waals surface area (Å²) < 4.78 is 0. The molecule has 1 fully saturated rings. The zero-order chi connectivity index (χ0) is 16.0. The highest BCUT2D eigenvalue weighted by molar-refractivity contribution is 4.98. The quantitative estimate of drug-likeness (QED) is 0.637. The summed E-state index contributed by atoms with van der Waals surface area (Å²) in [7, 11) is 0. The van der Waals surface area contributed by atoms with E-state index in [0.29, 0.717) is 16.2 Å². The van der Waals surface area contributed by atoms with E-state index < -0.39 is 0 Å². The lowest BCUT2D eigenvalue weighted by molar-refractivity contribution is -0.0546. The minimum atomic E-state index is 0.264. The molecule has 0 aromatic heterocycles. The van der Waals surface area contributed by atoms with Crippen molar-refractivity contribution in [2.75, 3.05) is 13.1 Å². The molecule has 0 amide bonds. The summed E-state index contributed by atoms with van der Waals surface area (Å²) in [5, 5.41) is 0. The Hall–Kier alpha value is -0.0400. The number of piperidine rings is 1. The smallest absolute Gasteiger partial charge is 0.0201 e. The van der Waals surface area contributed by atoms with Crippen LogP contribution in [0.5, 0.6) is 0 Å². The van der Waals surface area contributed by atoms with Crippen LogP contribution in [0.2, 0.25) is 0 Å². The van der Waals surface area contributed by atoms with E-state index in [-0.39, 0.29) is 5.54 Å².